The molecule has 1 aromatic rings. The van der Waals surface area contributed by atoms with E-state index < -0.39 is 5.78 Å². The lowest BCUT2D eigenvalue weighted by Crippen LogP contribution is -2.10. The van der Waals surface area contributed by atoms with Gasteiger partial charge in [0.2, 0.25) is 5.78 Å². The summed E-state index contributed by atoms with van der Waals surface area (Å²) < 4.78 is 0. The highest BCUT2D eigenvalue weighted by Crippen LogP contribution is 2.16. The Morgan fingerprint density at radius 2 is 1.81 bits per heavy atom. The highest BCUT2D eigenvalue weighted by Gasteiger charge is 2.15. The summed E-state index contributed by atoms with van der Waals surface area (Å²) in [5, 5.41) is -0.362. The molecule has 0 aliphatic rings. The lowest BCUT2D eigenvalue weighted by Gasteiger charge is -2.00. The van der Waals surface area contributed by atoms with Crippen LogP contribution in [0.1, 0.15) is 23.7 Å². The van der Waals surface area contributed by atoms with Crippen molar-refractivity contribution in [3.8, 4) is 0 Å². The fraction of sp³-hybridized carbons (Fsp3) is 0.333. The predicted octanol–water partition coefficient (Wildman–Crippen LogP) is 3.26. The first-order chi connectivity index (χ1) is 7.69. The third-order valence-electron chi connectivity index (χ3n) is 1.97. The zero-order valence-electron chi connectivity index (χ0n) is 9.36. The molecular formula is C12H14O2S2. The topological polar surface area (TPSA) is 34.1 Å². The number of benzene rings is 1. The van der Waals surface area contributed by atoms with E-state index >= 15 is 0 Å². The number of carbonyl (C=O) groups is 2. The number of thioether (sulfide) groups is 2. The number of hydrogen-bond acceptors (Lipinski definition) is 4. The molecule has 0 spiro atoms. The Balaban J connectivity index is 2.68. The molecule has 86 valence electrons. The minimum Gasteiger partial charge on any atom is -0.284 e. The summed E-state index contributed by atoms with van der Waals surface area (Å²) in [7, 11) is 0. The Morgan fingerprint density at radius 1 is 1.19 bits per heavy atom. The van der Waals surface area contributed by atoms with E-state index in [1.165, 1.54) is 0 Å². The van der Waals surface area contributed by atoms with E-state index in [2.05, 4.69) is 0 Å². The van der Waals surface area contributed by atoms with Crippen LogP contribution in [0, 0.1) is 0 Å². The third kappa shape index (κ3) is 3.68. The Bertz CT molecular complexity index is 371. The summed E-state index contributed by atoms with van der Waals surface area (Å²) in [5.41, 5.74) is 0.478. The van der Waals surface area contributed by atoms with Gasteiger partial charge in [0.05, 0.1) is 0 Å². The van der Waals surface area contributed by atoms with Crippen molar-refractivity contribution in [3.63, 3.8) is 0 Å². The van der Waals surface area contributed by atoms with Crippen molar-refractivity contribution in [2.75, 3.05) is 12.0 Å². The Labute approximate surface area is 104 Å². The van der Waals surface area contributed by atoms with Crippen molar-refractivity contribution in [2.24, 2.45) is 0 Å². The van der Waals surface area contributed by atoms with Gasteiger partial charge in [-0.2, -0.15) is 0 Å². The number of carbonyl (C=O) groups excluding carboxylic acids is 2. The molecule has 0 bridgehead atoms. The van der Waals surface area contributed by atoms with E-state index in [-0.39, 0.29) is 5.12 Å². The van der Waals surface area contributed by atoms with E-state index in [1.54, 1.807) is 23.9 Å². The van der Waals surface area contributed by atoms with Crippen LogP contribution in [0.5, 0.6) is 0 Å². The standard InChI is InChI=1S/C12H14O2S2/c1-3-8-16-12(14)11(13)9-4-6-10(15-2)7-5-9/h4-7H,3,8H2,1-2H3. The summed E-state index contributed by atoms with van der Waals surface area (Å²) >= 11 is 2.71. The van der Waals surface area contributed by atoms with Gasteiger partial charge in [-0.1, -0.05) is 18.7 Å². The molecule has 16 heavy (non-hydrogen) atoms. The number of hydrogen-bond donors (Lipinski definition) is 0. The van der Waals surface area contributed by atoms with Crippen molar-refractivity contribution < 1.29 is 9.59 Å². The van der Waals surface area contributed by atoms with Crippen LogP contribution < -0.4 is 0 Å². The van der Waals surface area contributed by atoms with Crippen molar-refractivity contribution in [1.29, 1.82) is 0 Å². The summed E-state index contributed by atoms with van der Waals surface area (Å²) in [4.78, 5) is 24.2. The summed E-state index contributed by atoms with van der Waals surface area (Å²) in [6, 6.07) is 7.13. The maximum Gasteiger partial charge on any atom is 0.259 e. The van der Waals surface area contributed by atoms with E-state index in [0.29, 0.717) is 11.3 Å². The van der Waals surface area contributed by atoms with Gasteiger partial charge in [0.1, 0.15) is 0 Å². The first kappa shape index (κ1) is 13.3. The summed E-state index contributed by atoms with van der Waals surface area (Å²) in [6.45, 7) is 1.98. The molecule has 0 aliphatic heterocycles. The van der Waals surface area contributed by atoms with Gasteiger partial charge >= 0.3 is 0 Å². The molecular weight excluding hydrogens is 240 g/mol. The minimum atomic E-state index is -0.397. The van der Waals surface area contributed by atoms with Crippen LogP contribution in [-0.4, -0.2) is 22.9 Å². The molecule has 0 aromatic heterocycles. The van der Waals surface area contributed by atoms with Gasteiger partial charge in [0, 0.05) is 16.2 Å². The number of ketones is 1. The van der Waals surface area contributed by atoms with Crippen LogP contribution in [-0.2, 0) is 4.79 Å². The molecule has 2 nitrogen and oxygen atoms in total. The van der Waals surface area contributed by atoms with Crippen LogP contribution in [0.2, 0.25) is 0 Å². The van der Waals surface area contributed by atoms with Gasteiger partial charge in [-0.15, -0.1) is 11.8 Å². The largest absolute Gasteiger partial charge is 0.284 e. The molecule has 0 atom stereocenters. The van der Waals surface area contributed by atoms with Crippen LogP contribution in [0.25, 0.3) is 0 Å². The summed E-state index contributed by atoms with van der Waals surface area (Å²) in [6.07, 6.45) is 2.87. The Morgan fingerprint density at radius 3 is 2.31 bits per heavy atom. The van der Waals surface area contributed by atoms with Gasteiger partial charge < -0.3 is 0 Å². The van der Waals surface area contributed by atoms with E-state index in [1.807, 2.05) is 25.3 Å². The molecule has 4 heteroatoms. The van der Waals surface area contributed by atoms with E-state index in [4.69, 9.17) is 0 Å². The lowest BCUT2D eigenvalue weighted by atomic mass is 10.1. The molecule has 0 unspecified atom stereocenters. The smallest absolute Gasteiger partial charge is 0.259 e. The summed E-state index contributed by atoms with van der Waals surface area (Å²) in [5.74, 6) is 0.305. The highest BCUT2D eigenvalue weighted by atomic mass is 32.2. The minimum absolute atomic E-state index is 0.362. The fourth-order valence-electron chi connectivity index (χ4n) is 1.12. The Kier molecular flexibility index (Phi) is 5.63. The molecule has 0 radical (unpaired) electrons. The molecule has 0 heterocycles. The van der Waals surface area contributed by atoms with Crippen LogP contribution in [0.4, 0.5) is 0 Å². The quantitative estimate of drug-likeness (QED) is 0.459. The average molecular weight is 254 g/mol. The monoisotopic (exact) mass is 254 g/mol. The predicted molar refractivity (Wildman–Crippen MR) is 70.3 cm³/mol. The van der Waals surface area contributed by atoms with Crippen molar-refractivity contribution in [2.45, 2.75) is 18.2 Å². The van der Waals surface area contributed by atoms with Gasteiger partial charge in [-0.05, 0) is 36.9 Å². The number of rotatable bonds is 5. The second-order valence-corrected chi connectivity index (χ2v) is 5.14. The van der Waals surface area contributed by atoms with Crippen molar-refractivity contribution in [3.05, 3.63) is 29.8 Å². The fourth-order valence-corrected chi connectivity index (χ4v) is 2.17. The molecule has 1 aromatic carbocycles. The second-order valence-electron chi connectivity index (χ2n) is 3.19. The Hall–Kier alpha value is -0.740. The van der Waals surface area contributed by atoms with Crippen LogP contribution in [0.15, 0.2) is 29.2 Å². The normalized spacial score (nSPS) is 10.1. The maximum atomic E-state index is 11.7. The SMILES string of the molecule is CCCSC(=O)C(=O)c1ccc(SC)cc1. The first-order valence-electron chi connectivity index (χ1n) is 5.04. The molecule has 0 saturated heterocycles. The van der Waals surface area contributed by atoms with Crippen molar-refractivity contribution in [1.82, 2.24) is 0 Å². The molecule has 0 aliphatic carbocycles. The highest BCUT2D eigenvalue weighted by molar-refractivity contribution is 8.15. The first-order valence-corrected chi connectivity index (χ1v) is 7.25. The van der Waals surface area contributed by atoms with Gasteiger partial charge in [-0.3, -0.25) is 9.59 Å². The maximum absolute atomic E-state index is 11.7. The molecule has 0 amide bonds. The van der Waals surface area contributed by atoms with Crippen LogP contribution >= 0.6 is 23.5 Å². The van der Waals surface area contributed by atoms with Gasteiger partial charge in [0.25, 0.3) is 5.12 Å². The molecule has 0 saturated carbocycles. The zero-order chi connectivity index (χ0) is 12.0. The molecule has 1 rings (SSSR count). The lowest BCUT2D eigenvalue weighted by molar-refractivity contribution is -0.107. The van der Waals surface area contributed by atoms with E-state index in [9.17, 15) is 9.59 Å². The third-order valence-corrected chi connectivity index (χ3v) is 3.78. The number of Topliss-reactive ketones (excluding diaryl/α,β-unsaturated/α-hetero) is 1. The van der Waals surface area contributed by atoms with E-state index in [0.717, 1.165) is 23.1 Å². The average Bonchev–Trinajstić information content (AvgIpc) is 2.35. The molecule has 0 fully saturated rings. The second kappa shape index (κ2) is 6.76. The zero-order valence-corrected chi connectivity index (χ0v) is 11.0. The molecule has 0 N–H and O–H groups in total. The van der Waals surface area contributed by atoms with Gasteiger partial charge in [0.15, 0.2) is 0 Å². The van der Waals surface area contributed by atoms with Crippen molar-refractivity contribution >= 4 is 34.4 Å². The van der Waals surface area contributed by atoms with Gasteiger partial charge in [-0.25, -0.2) is 0 Å². The van der Waals surface area contributed by atoms with Crippen LogP contribution in [0.3, 0.4) is 0 Å².